The minimum Gasteiger partial charge on any atom is -0.491 e. The van der Waals surface area contributed by atoms with Crippen molar-refractivity contribution in [2.45, 2.75) is 84.8 Å². The van der Waals surface area contributed by atoms with Gasteiger partial charge in [-0.15, -0.1) is 0 Å². The minimum absolute atomic E-state index is 0.316. The predicted octanol–water partition coefficient (Wildman–Crippen LogP) is 7.95. The van der Waals surface area contributed by atoms with Crippen LogP contribution in [-0.4, -0.2) is 19.5 Å². The Kier molecular flexibility index (Phi) is 9.47. The second-order valence-electron chi connectivity index (χ2n) is 9.89. The van der Waals surface area contributed by atoms with E-state index < -0.39 is 0 Å². The first kappa shape index (κ1) is 24.6. The Morgan fingerprint density at radius 1 is 0.719 bits per heavy atom. The smallest absolute Gasteiger partial charge is 0.197 e. The van der Waals surface area contributed by atoms with Crippen molar-refractivity contribution in [2.75, 3.05) is 13.2 Å². The summed E-state index contributed by atoms with van der Waals surface area (Å²) < 4.78 is 17.6. The molecule has 3 heteroatoms. The molecule has 0 heterocycles. The average Bonchev–Trinajstić information content (AvgIpc) is 2.78. The van der Waals surface area contributed by atoms with Crippen LogP contribution in [0.2, 0.25) is 0 Å². The molecule has 0 radical (unpaired) electrons. The lowest BCUT2D eigenvalue weighted by Gasteiger charge is -2.25. The van der Waals surface area contributed by atoms with Crippen LogP contribution in [0.25, 0.3) is 0 Å². The van der Waals surface area contributed by atoms with Crippen LogP contribution in [0.15, 0.2) is 48.5 Å². The molecule has 0 aromatic heterocycles. The molecule has 0 bridgehead atoms. The van der Waals surface area contributed by atoms with E-state index in [1.54, 1.807) is 0 Å². The molecule has 0 aliphatic heterocycles. The third-order valence-corrected chi connectivity index (χ3v) is 6.66. The standard InChI is InChI=1S/C29H42O3/c1-21(2)29(22(3)4)26-13-17-28(18-14-26)32-23(5)30-19-20-31-27-15-11-25(12-16-27)24-9-7-6-8-10-24/h11-18,21-24,29H,6-10,19-20H2,1-5H3. The van der Waals surface area contributed by atoms with E-state index in [0.717, 1.165) is 17.4 Å². The third-order valence-electron chi connectivity index (χ3n) is 6.66. The van der Waals surface area contributed by atoms with Crippen molar-refractivity contribution in [3.8, 4) is 11.5 Å². The Hall–Kier alpha value is -2.00. The van der Waals surface area contributed by atoms with Crippen molar-refractivity contribution >= 4 is 0 Å². The lowest BCUT2D eigenvalue weighted by molar-refractivity contribution is -0.0739. The Morgan fingerprint density at radius 2 is 1.31 bits per heavy atom. The summed E-state index contributed by atoms with van der Waals surface area (Å²) in [5.74, 6) is 4.27. The Morgan fingerprint density at radius 3 is 1.91 bits per heavy atom. The Labute approximate surface area is 195 Å². The van der Waals surface area contributed by atoms with Crippen molar-refractivity contribution in [1.82, 2.24) is 0 Å². The fourth-order valence-electron chi connectivity index (χ4n) is 5.18. The molecule has 32 heavy (non-hydrogen) atoms. The number of hydrogen-bond acceptors (Lipinski definition) is 3. The third kappa shape index (κ3) is 7.27. The molecular weight excluding hydrogens is 396 g/mol. The first-order chi connectivity index (χ1) is 15.4. The molecular formula is C29H42O3. The second kappa shape index (κ2) is 12.3. The Bertz CT molecular complexity index is 765. The van der Waals surface area contributed by atoms with Gasteiger partial charge in [0, 0.05) is 0 Å². The summed E-state index contributed by atoms with van der Waals surface area (Å²) >= 11 is 0. The zero-order chi connectivity index (χ0) is 22.9. The molecule has 3 nitrogen and oxygen atoms in total. The SMILES string of the molecule is CC(OCCOc1ccc(C2CCCCC2)cc1)Oc1ccc(C(C(C)C)C(C)C)cc1. The quantitative estimate of drug-likeness (QED) is 0.263. The van der Waals surface area contributed by atoms with Gasteiger partial charge < -0.3 is 14.2 Å². The lowest BCUT2D eigenvalue weighted by atomic mass is 9.80. The van der Waals surface area contributed by atoms with Gasteiger partial charge in [0.15, 0.2) is 6.29 Å². The zero-order valence-electron chi connectivity index (χ0n) is 20.7. The maximum Gasteiger partial charge on any atom is 0.197 e. The fraction of sp³-hybridized carbons (Fsp3) is 0.586. The maximum absolute atomic E-state index is 5.93. The highest BCUT2D eigenvalue weighted by molar-refractivity contribution is 5.31. The predicted molar refractivity (Wildman–Crippen MR) is 133 cm³/mol. The molecule has 0 spiro atoms. The van der Waals surface area contributed by atoms with Gasteiger partial charge in [-0.1, -0.05) is 71.2 Å². The van der Waals surface area contributed by atoms with Gasteiger partial charge in [-0.3, -0.25) is 0 Å². The molecule has 1 fully saturated rings. The van der Waals surface area contributed by atoms with Crippen molar-refractivity contribution in [3.05, 3.63) is 59.7 Å². The summed E-state index contributed by atoms with van der Waals surface area (Å²) in [7, 11) is 0. The van der Waals surface area contributed by atoms with Gasteiger partial charge in [-0.25, -0.2) is 0 Å². The minimum atomic E-state index is -0.316. The van der Waals surface area contributed by atoms with E-state index in [4.69, 9.17) is 14.2 Å². The first-order valence-corrected chi connectivity index (χ1v) is 12.5. The van der Waals surface area contributed by atoms with Crippen LogP contribution in [0.5, 0.6) is 11.5 Å². The zero-order valence-corrected chi connectivity index (χ0v) is 20.7. The van der Waals surface area contributed by atoms with Gasteiger partial charge in [0.1, 0.15) is 18.1 Å². The average molecular weight is 439 g/mol. The van der Waals surface area contributed by atoms with Crippen LogP contribution in [0.1, 0.15) is 89.7 Å². The van der Waals surface area contributed by atoms with Crippen LogP contribution < -0.4 is 9.47 Å². The van der Waals surface area contributed by atoms with Gasteiger partial charge in [-0.2, -0.15) is 0 Å². The summed E-state index contributed by atoms with van der Waals surface area (Å²) in [5.41, 5.74) is 2.83. The molecule has 1 aliphatic rings. The van der Waals surface area contributed by atoms with E-state index >= 15 is 0 Å². The number of ether oxygens (including phenoxy) is 3. The normalized spacial score (nSPS) is 16.0. The van der Waals surface area contributed by atoms with Crippen LogP contribution in [0, 0.1) is 11.8 Å². The molecule has 1 unspecified atom stereocenters. The van der Waals surface area contributed by atoms with Crippen molar-refractivity contribution in [3.63, 3.8) is 0 Å². The highest BCUT2D eigenvalue weighted by atomic mass is 16.7. The van der Waals surface area contributed by atoms with E-state index in [-0.39, 0.29) is 6.29 Å². The highest BCUT2D eigenvalue weighted by Gasteiger charge is 2.19. The molecule has 3 rings (SSSR count). The molecule has 0 saturated heterocycles. The first-order valence-electron chi connectivity index (χ1n) is 12.5. The topological polar surface area (TPSA) is 27.7 Å². The lowest BCUT2D eigenvalue weighted by Crippen LogP contribution is -2.20. The fourth-order valence-corrected chi connectivity index (χ4v) is 5.18. The number of hydrogen-bond donors (Lipinski definition) is 0. The van der Waals surface area contributed by atoms with Gasteiger partial charge in [-0.05, 0) is 78.8 Å². The van der Waals surface area contributed by atoms with Crippen molar-refractivity contribution in [1.29, 1.82) is 0 Å². The molecule has 1 saturated carbocycles. The number of rotatable bonds is 11. The van der Waals surface area contributed by atoms with E-state index in [1.165, 1.54) is 43.2 Å². The van der Waals surface area contributed by atoms with Gasteiger partial charge in [0.25, 0.3) is 0 Å². The highest BCUT2D eigenvalue weighted by Crippen LogP contribution is 2.34. The Balaban J connectivity index is 1.38. The summed E-state index contributed by atoms with van der Waals surface area (Å²) in [6.45, 7) is 12.1. The molecule has 1 aliphatic carbocycles. The summed E-state index contributed by atoms with van der Waals surface area (Å²) in [6.07, 6.45) is 6.45. The van der Waals surface area contributed by atoms with Gasteiger partial charge in [0.2, 0.25) is 0 Å². The molecule has 176 valence electrons. The van der Waals surface area contributed by atoms with E-state index in [1.807, 2.05) is 6.92 Å². The second-order valence-corrected chi connectivity index (χ2v) is 9.89. The van der Waals surface area contributed by atoms with Crippen LogP contribution in [0.4, 0.5) is 0 Å². The number of benzene rings is 2. The van der Waals surface area contributed by atoms with Crippen LogP contribution >= 0.6 is 0 Å². The van der Waals surface area contributed by atoms with Crippen LogP contribution in [0.3, 0.4) is 0 Å². The molecule has 2 aromatic rings. The maximum atomic E-state index is 5.93. The van der Waals surface area contributed by atoms with E-state index in [2.05, 4.69) is 76.2 Å². The largest absolute Gasteiger partial charge is 0.491 e. The monoisotopic (exact) mass is 438 g/mol. The molecule has 1 atom stereocenters. The van der Waals surface area contributed by atoms with Gasteiger partial charge in [0.05, 0.1) is 6.61 Å². The van der Waals surface area contributed by atoms with Crippen LogP contribution in [-0.2, 0) is 4.74 Å². The summed E-state index contributed by atoms with van der Waals surface area (Å²) in [6, 6.07) is 17.1. The molecule has 0 amide bonds. The summed E-state index contributed by atoms with van der Waals surface area (Å²) in [5, 5.41) is 0. The van der Waals surface area contributed by atoms with E-state index in [0.29, 0.717) is 31.0 Å². The van der Waals surface area contributed by atoms with E-state index in [9.17, 15) is 0 Å². The van der Waals surface area contributed by atoms with Gasteiger partial charge >= 0.3 is 0 Å². The van der Waals surface area contributed by atoms with Crippen molar-refractivity contribution in [2.24, 2.45) is 11.8 Å². The molecule has 0 N–H and O–H groups in total. The molecule has 2 aromatic carbocycles. The van der Waals surface area contributed by atoms with Crippen molar-refractivity contribution < 1.29 is 14.2 Å². The summed E-state index contributed by atoms with van der Waals surface area (Å²) in [4.78, 5) is 0.